The standard InChI is InChI=1S/C33H24F3N5O2/c1-18-8-9-21(31(42)40-24-7-3-6-23(16-24)33(34,35)36)14-25(18)26-15-22-17-39-32(37)41-29(22)28(30(26)43-2)20-10-11-27-19(13-20)5-4-12-38-27/h3-17H,1-2H3,(H,40,42)(H2,37,39,41). The quantitative estimate of drug-likeness (QED) is 0.217. The zero-order valence-corrected chi connectivity index (χ0v) is 23.0. The lowest BCUT2D eigenvalue weighted by molar-refractivity contribution is -0.137. The van der Waals surface area contributed by atoms with Gasteiger partial charge >= 0.3 is 6.18 Å². The Morgan fingerprint density at radius 1 is 0.907 bits per heavy atom. The van der Waals surface area contributed by atoms with Crippen LogP contribution in [0.5, 0.6) is 5.75 Å². The van der Waals surface area contributed by atoms with Crippen molar-refractivity contribution in [2.75, 3.05) is 18.2 Å². The van der Waals surface area contributed by atoms with Crippen LogP contribution < -0.4 is 15.8 Å². The van der Waals surface area contributed by atoms with E-state index in [1.165, 1.54) is 12.1 Å². The van der Waals surface area contributed by atoms with Crippen LogP contribution in [0.1, 0.15) is 21.5 Å². The number of amides is 1. The number of ether oxygens (including phenoxy) is 1. The molecule has 0 aliphatic carbocycles. The molecule has 0 saturated carbocycles. The molecule has 0 bridgehead atoms. The Morgan fingerprint density at radius 2 is 1.74 bits per heavy atom. The summed E-state index contributed by atoms with van der Waals surface area (Å²) in [6.07, 6.45) is -1.17. The Balaban J connectivity index is 1.50. The van der Waals surface area contributed by atoms with E-state index in [1.54, 1.807) is 37.7 Å². The van der Waals surface area contributed by atoms with Gasteiger partial charge in [-0.1, -0.05) is 24.3 Å². The van der Waals surface area contributed by atoms with E-state index in [9.17, 15) is 18.0 Å². The summed E-state index contributed by atoms with van der Waals surface area (Å²) in [6.45, 7) is 1.90. The van der Waals surface area contributed by atoms with Gasteiger partial charge in [-0.2, -0.15) is 13.2 Å². The van der Waals surface area contributed by atoms with Crippen LogP contribution in [0.3, 0.4) is 0 Å². The number of aryl methyl sites for hydroxylation is 1. The third-order valence-corrected chi connectivity index (χ3v) is 7.18. The second kappa shape index (κ2) is 10.7. The zero-order valence-electron chi connectivity index (χ0n) is 23.0. The van der Waals surface area contributed by atoms with Crippen molar-refractivity contribution in [1.29, 1.82) is 0 Å². The van der Waals surface area contributed by atoms with E-state index in [2.05, 4.69) is 20.3 Å². The van der Waals surface area contributed by atoms with Gasteiger partial charge in [0.1, 0.15) is 5.75 Å². The third-order valence-electron chi connectivity index (χ3n) is 7.18. The molecule has 0 saturated heterocycles. The number of hydrogen-bond acceptors (Lipinski definition) is 6. The lowest BCUT2D eigenvalue weighted by atomic mass is 9.91. The highest BCUT2D eigenvalue weighted by Gasteiger charge is 2.30. The first kappa shape index (κ1) is 27.6. The van der Waals surface area contributed by atoms with Gasteiger partial charge in [-0.3, -0.25) is 9.78 Å². The summed E-state index contributed by atoms with van der Waals surface area (Å²) < 4.78 is 45.6. The van der Waals surface area contributed by atoms with E-state index in [1.807, 2.05) is 43.3 Å². The first-order valence-corrected chi connectivity index (χ1v) is 13.2. The summed E-state index contributed by atoms with van der Waals surface area (Å²) in [4.78, 5) is 26.4. The Bertz CT molecular complexity index is 2040. The molecule has 6 rings (SSSR count). The molecular weight excluding hydrogens is 555 g/mol. The van der Waals surface area contributed by atoms with Gasteiger partial charge in [0, 0.05) is 40.0 Å². The normalized spacial score (nSPS) is 11.6. The van der Waals surface area contributed by atoms with Crippen molar-refractivity contribution < 1.29 is 22.7 Å². The number of pyridine rings is 1. The molecule has 0 radical (unpaired) electrons. The fourth-order valence-electron chi connectivity index (χ4n) is 5.11. The summed E-state index contributed by atoms with van der Waals surface area (Å²) in [5, 5.41) is 4.20. The maximum Gasteiger partial charge on any atom is 0.416 e. The van der Waals surface area contributed by atoms with Crippen LogP contribution >= 0.6 is 0 Å². The maximum atomic E-state index is 13.2. The lowest BCUT2D eigenvalue weighted by Gasteiger charge is -2.19. The summed E-state index contributed by atoms with van der Waals surface area (Å²) in [5.74, 6) is 0.0570. The van der Waals surface area contributed by atoms with E-state index in [0.717, 1.165) is 34.2 Å². The zero-order chi connectivity index (χ0) is 30.3. The minimum absolute atomic E-state index is 0.0352. The molecule has 0 spiro atoms. The number of carbonyl (C=O) groups excluding carboxylic acids is 1. The van der Waals surface area contributed by atoms with Crippen LogP contribution in [0.15, 0.2) is 91.3 Å². The molecule has 3 N–H and O–H groups in total. The molecule has 0 fully saturated rings. The van der Waals surface area contributed by atoms with Crippen molar-refractivity contribution in [2.45, 2.75) is 13.1 Å². The van der Waals surface area contributed by atoms with E-state index < -0.39 is 17.6 Å². The molecule has 0 aliphatic heterocycles. The first-order chi connectivity index (χ1) is 20.6. The third kappa shape index (κ3) is 5.30. The fraction of sp³-hybridized carbons (Fsp3) is 0.0909. The number of benzene rings is 4. The molecule has 2 aromatic heterocycles. The van der Waals surface area contributed by atoms with Gasteiger partial charge in [-0.25, -0.2) is 9.97 Å². The second-order valence-corrected chi connectivity index (χ2v) is 9.97. The SMILES string of the molecule is COc1c(-c2cc(C(=O)Nc3cccc(C(F)(F)F)c3)ccc2C)cc2cnc(N)nc2c1-c1ccc2ncccc2c1. The molecule has 1 amide bonds. The molecule has 0 atom stereocenters. The predicted octanol–water partition coefficient (Wildman–Crippen LogP) is 7.68. The summed E-state index contributed by atoms with van der Waals surface area (Å²) >= 11 is 0. The largest absolute Gasteiger partial charge is 0.495 e. The van der Waals surface area contributed by atoms with Gasteiger partial charge in [0.25, 0.3) is 5.91 Å². The van der Waals surface area contributed by atoms with Crippen LogP contribution in [0.4, 0.5) is 24.8 Å². The molecule has 10 heteroatoms. The molecule has 0 unspecified atom stereocenters. The predicted molar refractivity (Wildman–Crippen MR) is 161 cm³/mol. The number of aromatic nitrogens is 3. The van der Waals surface area contributed by atoms with Crippen molar-refractivity contribution in [1.82, 2.24) is 15.0 Å². The Kier molecular flexibility index (Phi) is 6.89. The molecule has 214 valence electrons. The number of carbonyl (C=O) groups is 1. The smallest absolute Gasteiger partial charge is 0.416 e. The van der Waals surface area contributed by atoms with Crippen molar-refractivity contribution in [2.24, 2.45) is 0 Å². The number of rotatable bonds is 5. The average Bonchev–Trinajstić information content (AvgIpc) is 3.00. The number of nitrogens with two attached hydrogens (primary N) is 1. The number of anilines is 2. The summed E-state index contributed by atoms with van der Waals surface area (Å²) in [7, 11) is 1.56. The van der Waals surface area contributed by atoms with E-state index in [-0.39, 0.29) is 17.2 Å². The van der Waals surface area contributed by atoms with Crippen LogP contribution in [0.25, 0.3) is 44.1 Å². The highest BCUT2D eigenvalue weighted by molar-refractivity contribution is 6.07. The molecule has 0 aliphatic rings. The summed E-state index contributed by atoms with van der Waals surface area (Å²) in [5.41, 5.74) is 10.6. The van der Waals surface area contributed by atoms with Crippen LogP contribution in [0, 0.1) is 6.92 Å². The van der Waals surface area contributed by atoms with Gasteiger partial charge in [0.05, 0.1) is 29.3 Å². The second-order valence-electron chi connectivity index (χ2n) is 9.97. The molecular formula is C33H24F3N5O2. The molecule has 43 heavy (non-hydrogen) atoms. The topological polar surface area (TPSA) is 103 Å². The van der Waals surface area contributed by atoms with Gasteiger partial charge < -0.3 is 15.8 Å². The maximum absolute atomic E-state index is 13.2. The van der Waals surface area contributed by atoms with Crippen molar-refractivity contribution in [3.8, 4) is 28.0 Å². The fourth-order valence-corrected chi connectivity index (χ4v) is 5.11. The van der Waals surface area contributed by atoms with Gasteiger partial charge in [0.2, 0.25) is 5.95 Å². The monoisotopic (exact) mass is 579 g/mol. The Labute approximate surface area is 244 Å². The highest BCUT2D eigenvalue weighted by atomic mass is 19.4. The van der Waals surface area contributed by atoms with Gasteiger partial charge in [-0.15, -0.1) is 0 Å². The number of methoxy groups -OCH3 is 1. The number of nitrogens with zero attached hydrogens (tertiary/aromatic N) is 3. The summed E-state index contributed by atoms with van der Waals surface area (Å²) in [6, 6.07) is 21.1. The lowest BCUT2D eigenvalue weighted by Crippen LogP contribution is -2.13. The number of fused-ring (bicyclic) bond motifs is 2. The minimum Gasteiger partial charge on any atom is -0.495 e. The van der Waals surface area contributed by atoms with Crippen LogP contribution in [0.2, 0.25) is 0 Å². The number of halogens is 3. The number of alkyl halides is 3. The van der Waals surface area contributed by atoms with E-state index >= 15 is 0 Å². The highest BCUT2D eigenvalue weighted by Crippen LogP contribution is 2.45. The first-order valence-electron chi connectivity index (χ1n) is 13.2. The van der Waals surface area contributed by atoms with Gasteiger partial charge in [-0.05, 0) is 78.2 Å². The van der Waals surface area contributed by atoms with Crippen LogP contribution in [-0.2, 0) is 6.18 Å². The Hall–Kier alpha value is -5.51. The molecule has 7 nitrogen and oxygen atoms in total. The molecule has 4 aromatic carbocycles. The molecule has 2 heterocycles. The average molecular weight is 580 g/mol. The number of nitrogen functional groups attached to an aromatic ring is 1. The Morgan fingerprint density at radius 3 is 2.53 bits per heavy atom. The van der Waals surface area contributed by atoms with Crippen LogP contribution in [-0.4, -0.2) is 28.0 Å². The van der Waals surface area contributed by atoms with Crippen molar-refractivity contribution >= 4 is 39.3 Å². The van der Waals surface area contributed by atoms with Gasteiger partial charge in [0.15, 0.2) is 0 Å². The molecule has 6 aromatic rings. The van der Waals surface area contributed by atoms with E-state index in [0.29, 0.717) is 33.3 Å². The number of nitrogens with one attached hydrogen (secondary N) is 1. The van der Waals surface area contributed by atoms with Crippen molar-refractivity contribution in [3.05, 3.63) is 108 Å². The van der Waals surface area contributed by atoms with E-state index in [4.69, 9.17) is 10.5 Å². The minimum atomic E-state index is -4.53. The van der Waals surface area contributed by atoms with Crippen molar-refractivity contribution in [3.63, 3.8) is 0 Å². The number of hydrogen-bond donors (Lipinski definition) is 2.